The van der Waals surface area contributed by atoms with Gasteiger partial charge in [-0.3, -0.25) is 9.89 Å². The summed E-state index contributed by atoms with van der Waals surface area (Å²) in [7, 11) is 0. The largest absolute Gasteiger partial charge is 0.435 e. The molecule has 26 heavy (non-hydrogen) atoms. The van der Waals surface area contributed by atoms with Gasteiger partial charge in [-0.1, -0.05) is 35.1 Å². The molecule has 3 aromatic rings. The van der Waals surface area contributed by atoms with Crippen molar-refractivity contribution in [2.75, 3.05) is 5.06 Å². The minimum atomic E-state index is -4.51. The number of hydrogen-bond donors (Lipinski definition) is 1. The third-order valence-corrected chi connectivity index (χ3v) is 4.87. The SMILES string of the molecule is CCn1nc(C(F)(F)F)cc1-c1cnc(N(O)Cc2ccc(Cl)cc2)s1. The van der Waals surface area contributed by atoms with Crippen LogP contribution in [0.25, 0.3) is 10.6 Å². The van der Waals surface area contributed by atoms with E-state index in [4.69, 9.17) is 11.6 Å². The van der Waals surface area contributed by atoms with Crippen LogP contribution < -0.4 is 5.06 Å². The lowest BCUT2D eigenvalue weighted by Crippen LogP contribution is -2.16. The van der Waals surface area contributed by atoms with Gasteiger partial charge in [-0.15, -0.1) is 0 Å². The van der Waals surface area contributed by atoms with E-state index in [9.17, 15) is 18.4 Å². The highest BCUT2D eigenvalue weighted by Crippen LogP contribution is 2.35. The van der Waals surface area contributed by atoms with Crippen LogP contribution in [0.15, 0.2) is 36.5 Å². The number of nitrogens with zero attached hydrogens (tertiary/aromatic N) is 4. The number of aryl methyl sites for hydroxylation is 1. The van der Waals surface area contributed by atoms with E-state index in [1.807, 2.05) is 0 Å². The van der Waals surface area contributed by atoms with Crippen molar-refractivity contribution in [1.82, 2.24) is 14.8 Å². The van der Waals surface area contributed by atoms with Crippen LogP contribution in [0.3, 0.4) is 0 Å². The summed E-state index contributed by atoms with van der Waals surface area (Å²) in [4.78, 5) is 4.59. The van der Waals surface area contributed by atoms with Crippen molar-refractivity contribution < 1.29 is 18.4 Å². The third kappa shape index (κ3) is 4.00. The molecule has 0 aliphatic rings. The van der Waals surface area contributed by atoms with E-state index >= 15 is 0 Å². The van der Waals surface area contributed by atoms with Crippen molar-refractivity contribution in [3.63, 3.8) is 0 Å². The van der Waals surface area contributed by atoms with Crippen LogP contribution in [0.4, 0.5) is 18.3 Å². The molecule has 2 heterocycles. The molecular formula is C16H14ClF3N4OS. The van der Waals surface area contributed by atoms with Gasteiger partial charge < -0.3 is 0 Å². The highest BCUT2D eigenvalue weighted by atomic mass is 35.5. The van der Waals surface area contributed by atoms with Crippen LogP contribution in [0.5, 0.6) is 0 Å². The molecule has 0 aliphatic carbocycles. The maximum atomic E-state index is 12.9. The van der Waals surface area contributed by atoms with Gasteiger partial charge in [0.15, 0.2) is 5.69 Å². The Kier molecular flexibility index (Phi) is 5.22. The molecule has 0 radical (unpaired) electrons. The fourth-order valence-electron chi connectivity index (χ4n) is 2.33. The second-order valence-electron chi connectivity index (χ2n) is 5.42. The van der Waals surface area contributed by atoms with E-state index in [1.165, 1.54) is 10.9 Å². The first kappa shape index (κ1) is 18.7. The molecule has 0 aliphatic heterocycles. The average Bonchev–Trinajstić information content (AvgIpc) is 3.22. The van der Waals surface area contributed by atoms with Crippen LogP contribution in [-0.2, 0) is 19.3 Å². The molecule has 0 unspecified atom stereocenters. The summed E-state index contributed by atoms with van der Waals surface area (Å²) < 4.78 is 39.9. The number of rotatable bonds is 5. The minimum absolute atomic E-state index is 0.172. The molecular weight excluding hydrogens is 389 g/mol. The molecule has 1 aromatic carbocycles. The summed E-state index contributed by atoms with van der Waals surface area (Å²) >= 11 is 6.90. The quantitative estimate of drug-likeness (QED) is 0.603. The second-order valence-corrected chi connectivity index (χ2v) is 6.87. The fourth-order valence-corrected chi connectivity index (χ4v) is 3.30. The first-order valence-corrected chi connectivity index (χ1v) is 8.79. The lowest BCUT2D eigenvalue weighted by atomic mass is 10.2. The summed E-state index contributed by atoms with van der Waals surface area (Å²) in [6.07, 6.45) is -3.09. The molecule has 0 amide bonds. The molecule has 5 nitrogen and oxygen atoms in total. The van der Waals surface area contributed by atoms with E-state index in [-0.39, 0.29) is 18.2 Å². The monoisotopic (exact) mass is 402 g/mol. The van der Waals surface area contributed by atoms with Gasteiger partial charge in [0.05, 0.1) is 17.1 Å². The number of halogens is 4. The maximum absolute atomic E-state index is 12.9. The van der Waals surface area contributed by atoms with Crippen molar-refractivity contribution in [2.24, 2.45) is 0 Å². The number of thiazole rings is 1. The zero-order chi connectivity index (χ0) is 18.9. The van der Waals surface area contributed by atoms with Gasteiger partial charge in [0, 0.05) is 17.8 Å². The standard InChI is InChI=1S/C16H14ClF3N4OS/c1-2-23-12(7-14(22-23)16(18,19)20)13-8-21-15(26-13)24(25)9-10-3-5-11(17)6-4-10/h3-8,25H,2,9H2,1H3. The van der Waals surface area contributed by atoms with Gasteiger partial charge in [0.1, 0.15) is 0 Å². The Morgan fingerprint density at radius 3 is 2.58 bits per heavy atom. The molecule has 2 aromatic heterocycles. The number of benzene rings is 1. The minimum Gasteiger partial charge on any atom is -0.286 e. The molecule has 0 saturated heterocycles. The topological polar surface area (TPSA) is 54.2 Å². The first-order valence-electron chi connectivity index (χ1n) is 7.60. The Labute approximate surface area is 156 Å². The zero-order valence-corrected chi connectivity index (χ0v) is 15.1. The molecule has 10 heteroatoms. The molecule has 3 rings (SSSR count). The van der Waals surface area contributed by atoms with Gasteiger partial charge in [0.25, 0.3) is 0 Å². The van der Waals surface area contributed by atoms with Crippen LogP contribution in [0.1, 0.15) is 18.2 Å². The van der Waals surface area contributed by atoms with E-state index in [0.717, 1.165) is 28.0 Å². The molecule has 0 saturated carbocycles. The number of hydroxylamine groups is 1. The van der Waals surface area contributed by atoms with Crippen molar-refractivity contribution >= 4 is 28.1 Å². The Morgan fingerprint density at radius 2 is 1.96 bits per heavy atom. The van der Waals surface area contributed by atoms with Crippen molar-refractivity contribution in [3.8, 4) is 10.6 Å². The van der Waals surface area contributed by atoms with Crippen molar-refractivity contribution in [2.45, 2.75) is 26.2 Å². The summed E-state index contributed by atoms with van der Waals surface area (Å²) in [5.74, 6) is 0. The lowest BCUT2D eigenvalue weighted by Gasteiger charge is -2.13. The number of aromatic nitrogens is 3. The molecule has 0 spiro atoms. The maximum Gasteiger partial charge on any atom is 0.435 e. The summed E-state index contributed by atoms with van der Waals surface area (Å²) in [6, 6.07) is 7.93. The van der Waals surface area contributed by atoms with Crippen LogP contribution in [0.2, 0.25) is 5.02 Å². The zero-order valence-electron chi connectivity index (χ0n) is 13.5. The average molecular weight is 403 g/mol. The smallest absolute Gasteiger partial charge is 0.286 e. The fraction of sp³-hybridized carbons (Fsp3) is 0.250. The van der Waals surface area contributed by atoms with Gasteiger partial charge >= 0.3 is 6.18 Å². The van der Waals surface area contributed by atoms with E-state index in [2.05, 4.69) is 10.1 Å². The van der Waals surface area contributed by atoms with Gasteiger partial charge in [-0.25, -0.2) is 10.0 Å². The highest BCUT2D eigenvalue weighted by molar-refractivity contribution is 7.18. The Hall–Kier alpha value is -2.10. The number of anilines is 1. The van der Waals surface area contributed by atoms with Crippen molar-refractivity contribution in [3.05, 3.63) is 52.8 Å². The van der Waals surface area contributed by atoms with Crippen LogP contribution in [0, 0.1) is 0 Å². The van der Waals surface area contributed by atoms with Gasteiger partial charge in [-0.05, 0) is 30.7 Å². The van der Waals surface area contributed by atoms with E-state index < -0.39 is 11.9 Å². The Morgan fingerprint density at radius 1 is 1.27 bits per heavy atom. The number of hydrogen-bond acceptors (Lipinski definition) is 5. The molecule has 0 atom stereocenters. The third-order valence-electron chi connectivity index (χ3n) is 3.58. The van der Waals surface area contributed by atoms with Crippen LogP contribution >= 0.6 is 22.9 Å². The van der Waals surface area contributed by atoms with Crippen molar-refractivity contribution in [1.29, 1.82) is 0 Å². The summed E-state index contributed by atoms with van der Waals surface area (Å²) in [5, 5.41) is 15.6. The summed E-state index contributed by atoms with van der Waals surface area (Å²) in [5.41, 5.74) is 0.168. The van der Waals surface area contributed by atoms with Crippen LogP contribution in [-0.4, -0.2) is 20.0 Å². The molecule has 1 N–H and O–H groups in total. The Balaban J connectivity index is 1.83. The van der Waals surface area contributed by atoms with Gasteiger partial charge in [0.2, 0.25) is 5.13 Å². The van der Waals surface area contributed by atoms with Gasteiger partial charge in [-0.2, -0.15) is 18.3 Å². The molecule has 138 valence electrons. The molecule has 0 bridgehead atoms. The Bertz CT molecular complexity index is 892. The first-order chi connectivity index (χ1) is 12.3. The molecule has 0 fully saturated rings. The van der Waals surface area contributed by atoms with E-state index in [1.54, 1.807) is 31.2 Å². The number of alkyl halides is 3. The highest BCUT2D eigenvalue weighted by Gasteiger charge is 2.35. The van der Waals surface area contributed by atoms with E-state index in [0.29, 0.717) is 15.6 Å². The second kappa shape index (κ2) is 7.26. The predicted molar refractivity (Wildman–Crippen MR) is 93.4 cm³/mol. The predicted octanol–water partition coefficient (Wildman–Crippen LogP) is 5.09. The normalized spacial score (nSPS) is 11.8. The lowest BCUT2D eigenvalue weighted by molar-refractivity contribution is -0.141. The summed E-state index contributed by atoms with van der Waals surface area (Å²) in [6.45, 7) is 2.16.